The molecule has 2 aromatic carbocycles. The molecule has 128 valence electrons. The summed E-state index contributed by atoms with van der Waals surface area (Å²) in [4.78, 5) is 0. The van der Waals surface area contributed by atoms with Crippen LogP contribution in [0.1, 0.15) is 44.9 Å². The first-order chi connectivity index (χ1) is 11.2. The number of nitrogens with one attached hydrogen (secondary N) is 2. The average molecular weight is 348 g/mol. The Kier molecular flexibility index (Phi) is 5.54. The number of para-hydroxylation sites is 1. The fourth-order valence-corrected chi connectivity index (χ4v) is 2.60. The SMILES string of the molecule is C[C@H](NC(=S)Nc1c(F)cccc1F)c1ccc(C(C)(C)C)cc1. The Morgan fingerprint density at radius 3 is 2.04 bits per heavy atom. The molecule has 0 radical (unpaired) electrons. The van der Waals surface area contributed by atoms with Crippen molar-refractivity contribution in [1.29, 1.82) is 0 Å². The summed E-state index contributed by atoms with van der Waals surface area (Å²) in [6.07, 6.45) is 0. The monoisotopic (exact) mass is 348 g/mol. The summed E-state index contributed by atoms with van der Waals surface area (Å²) < 4.78 is 27.3. The first-order valence-corrected chi connectivity index (χ1v) is 8.21. The predicted octanol–water partition coefficient (Wildman–Crippen LogP) is 5.31. The van der Waals surface area contributed by atoms with Gasteiger partial charge in [-0.1, -0.05) is 51.1 Å². The van der Waals surface area contributed by atoms with Crippen molar-refractivity contribution in [2.24, 2.45) is 0 Å². The van der Waals surface area contributed by atoms with Gasteiger partial charge in [-0.05, 0) is 47.8 Å². The summed E-state index contributed by atoms with van der Waals surface area (Å²) >= 11 is 5.16. The van der Waals surface area contributed by atoms with Crippen LogP contribution in [0, 0.1) is 11.6 Å². The normalized spacial score (nSPS) is 12.6. The fraction of sp³-hybridized carbons (Fsp3) is 0.316. The fourth-order valence-electron chi connectivity index (χ4n) is 2.32. The zero-order chi connectivity index (χ0) is 17.9. The van der Waals surface area contributed by atoms with Crippen molar-refractivity contribution in [2.45, 2.75) is 39.2 Å². The molecule has 0 heterocycles. The smallest absolute Gasteiger partial charge is 0.171 e. The van der Waals surface area contributed by atoms with E-state index in [1.54, 1.807) is 0 Å². The predicted molar refractivity (Wildman–Crippen MR) is 99.3 cm³/mol. The van der Waals surface area contributed by atoms with Crippen LogP contribution in [0.15, 0.2) is 42.5 Å². The van der Waals surface area contributed by atoms with E-state index < -0.39 is 11.6 Å². The molecule has 2 N–H and O–H groups in total. The number of hydrogen-bond acceptors (Lipinski definition) is 1. The van der Waals surface area contributed by atoms with Crippen molar-refractivity contribution in [3.63, 3.8) is 0 Å². The minimum Gasteiger partial charge on any atom is -0.356 e. The number of thiocarbonyl (C=S) groups is 1. The van der Waals surface area contributed by atoms with Crippen molar-refractivity contribution in [1.82, 2.24) is 5.32 Å². The van der Waals surface area contributed by atoms with E-state index in [-0.39, 0.29) is 22.3 Å². The highest BCUT2D eigenvalue weighted by atomic mass is 32.1. The van der Waals surface area contributed by atoms with Crippen LogP contribution in [-0.4, -0.2) is 5.11 Å². The van der Waals surface area contributed by atoms with Crippen LogP contribution in [0.4, 0.5) is 14.5 Å². The van der Waals surface area contributed by atoms with Gasteiger partial charge in [-0.3, -0.25) is 0 Å². The van der Waals surface area contributed by atoms with Crippen LogP contribution in [0.5, 0.6) is 0 Å². The first kappa shape index (κ1) is 18.3. The second-order valence-corrected chi connectivity index (χ2v) is 7.20. The number of benzene rings is 2. The van der Waals surface area contributed by atoms with Crippen LogP contribution in [0.2, 0.25) is 0 Å². The molecule has 0 aromatic heterocycles. The third-order valence-electron chi connectivity index (χ3n) is 3.83. The van der Waals surface area contributed by atoms with Gasteiger partial charge in [-0.15, -0.1) is 0 Å². The van der Waals surface area contributed by atoms with E-state index in [9.17, 15) is 8.78 Å². The van der Waals surface area contributed by atoms with Crippen LogP contribution >= 0.6 is 12.2 Å². The van der Waals surface area contributed by atoms with E-state index in [2.05, 4.69) is 43.5 Å². The summed E-state index contributed by atoms with van der Waals surface area (Å²) in [6.45, 7) is 8.42. The Balaban J connectivity index is 2.04. The highest BCUT2D eigenvalue weighted by molar-refractivity contribution is 7.80. The molecule has 0 aliphatic heterocycles. The van der Waals surface area contributed by atoms with E-state index in [4.69, 9.17) is 12.2 Å². The Labute approximate surface area is 147 Å². The molecule has 2 aromatic rings. The van der Waals surface area contributed by atoms with Gasteiger partial charge < -0.3 is 10.6 Å². The van der Waals surface area contributed by atoms with Crippen molar-refractivity contribution >= 4 is 23.0 Å². The Hall–Kier alpha value is -2.01. The molecule has 1 atom stereocenters. The Bertz CT molecular complexity index is 701. The second kappa shape index (κ2) is 7.26. The summed E-state index contributed by atoms with van der Waals surface area (Å²) in [7, 11) is 0. The minimum absolute atomic E-state index is 0.0890. The highest BCUT2D eigenvalue weighted by Gasteiger charge is 2.15. The highest BCUT2D eigenvalue weighted by Crippen LogP contribution is 2.24. The number of halogens is 2. The van der Waals surface area contributed by atoms with Crippen LogP contribution < -0.4 is 10.6 Å². The summed E-state index contributed by atoms with van der Waals surface area (Å²) in [5.74, 6) is -1.36. The van der Waals surface area contributed by atoms with E-state index in [0.29, 0.717) is 0 Å². The molecule has 0 aliphatic rings. The van der Waals surface area contributed by atoms with E-state index in [1.807, 2.05) is 19.1 Å². The molecule has 0 saturated carbocycles. The molecule has 0 spiro atoms. The molecule has 5 heteroatoms. The lowest BCUT2D eigenvalue weighted by Gasteiger charge is -2.21. The average Bonchev–Trinajstić information content (AvgIpc) is 2.50. The number of anilines is 1. The lowest BCUT2D eigenvalue weighted by molar-refractivity contribution is 0.589. The first-order valence-electron chi connectivity index (χ1n) is 7.80. The molecule has 0 unspecified atom stereocenters. The molecule has 0 fully saturated rings. The van der Waals surface area contributed by atoms with E-state index >= 15 is 0 Å². The molecule has 0 amide bonds. The molecule has 24 heavy (non-hydrogen) atoms. The molecular formula is C19H22F2N2S. The van der Waals surface area contributed by atoms with Gasteiger partial charge in [0.1, 0.15) is 17.3 Å². The zero-order valence-corrected chi connectivity index (χ0v) is 15.1. The molecule has 0 saturated heterocycles. The van der Waals surface area contributed by atoms with Crippen LogP contribution in [-0.2, 0) is 5.41 Å². The van der Waals surface area contributed by atoms with Gasteiger partial charge in [0.25, 0.3) is 0 Å². The summed E-state index contributed by atoms with van der Waals surface area (Å²) in [5.41, 5.74) is 2.13. The Morgan fingerprint density at radius 1 is 1.00 bits per heavy atom. The van der Waals surface area contributed by atoms with Gasteiger partial charge in [0.2, 0.25) is 0 Å². The van der Waals surface area contributed by atoms with Crippen LogP contribution in [0.3, 0.4) is 0 Å². The van der Waals surface area contributed by atoms with Crippen molar-refractivity contribution < 1.29 is 8.78 Å². The molecule has 2 nitrogen and oxygen atoms in total. The Morgan fingerprint density at radius 2 is 1.54 bits per heavy atom. The van der Waals surface area contributed by atoms with Crippen LogP contribution in [0.25, 0.3) is 0 Å². The third-order valence-corrected chi connectivity index (χ3v) is 4.05. The van der Waals surface area contributed by atoms with Crippen molar-refractivity contribution in [3.05, 3.63) is 65.2 Å². The quantitative estimate of drug-likeness (QED) is 0.735. The van der Waals surface area contributed by atoms with Crippen molar-refractivity contribution in [2.75, 3.05) is 5.32 Å². The van der Waals surface area contributed by atoms with Gasteiger partial charge in [-0.25, -0.2) is 8.78 Å². The molecule has 0 bridgehead atoms. The van der Waals surface area contributed by atoms with Gasteiger partial charge >= 0.3 is 0 Å². The zero-order valence-electron chi connectivity index (χ0n) is 14.3. The second-order valence-electron chi connectivity index (χ2n) is 6.79. The number of hydrogen-bond donors (Lipinski definition) is 2. The largest absolute Gasteiger partial charge is 0.356 e. The summed E-state index contributed by atoms with van der Waals surface area (Å²) in [5, 5.41) is 5.80. The topological polar surface area (TPSA) is 24.1 Å². The maximum Gasteiger partial charge on any atom is 0.171 e. The molecular weight excluding hydrogens is 326 g/mol. The molecule has 0 aliphatic carbocycles. The van der Waals surface area contributed by atoms with E-state index in [0.717, 1.165) is 5.56 Å². The number of rotatable bonds is 3. The van der Waals surface area contributed by atoms with Gasteiger partial charge in [0.05, 0.1) is 6.04 Å². The van der Waals surface area contributed by atoms with Crippen molar-refractivity contribution in [3.8, 4) is 0 Å². The van der Waals surface area contributed by atoms with E-state index in [1.165, 1.54) is 23.8 Å². The van der Waals surface area contributed by atoms with Gasteiger partial charge in [0, 0.05) is 0 Å². The molecule has 2 rings (SSSR count). The lowest BCUT2D eigenvalue weighted by Crippen LogP contribution is -2.31. The maximum atomic E-state index is 13.6. The minimum atomic E-state index is -0.679. The lowest BCUT2D eigenvalue weighted by atomic mass is 9.86. The maximum absolute atomic E-state index is 13.6. The summed E-state index contributed by atoms with van der Waals surface area (Å²) in [6, 6.07) is 11.8. The standard InChI is InChI=1S/C19H22F2N2S/c1-12(13-8-10-14(11-9-13)19(2,3)4)22-18(24)23-17-15(20)6-5-7-16(17)21/h5-12H,1-4H3,(H2,22,23,24)/t12-/m0/s1. The van der Waals surface area contributed by atoms with Gasteiger partial charge in [-0.2, -0.15) is 0 Å². The van der Waals surface area contributed by atoms with Gasteiger partial charge in [0.15, 0.2) is 5.11 Å². The third kappa shape index (κ3) is 4.51.